The number of hydrogen-bond acceptors (Lipinski definition) is 2. The summed E-state index contributed by atoms with van der Waals surface area (Å²) < 4.78 is 13.0. The molecule has 16 heavy (non-hydrogen) atoms. The van der Waals surface area contributed by atoms with Crippen molar-refractivity contribution in [2.24, 2.45) is 5.92 Å². The van der Waals surface area contributed by atoms with Crippen LogP contribution in [0.3, 0.4) is 0 Å². The fourth-order valence-electron chi connectivity index (χ4n) is 1.55. The predicted molar refractivity (Wildman–Crippen MR) is 60.0 cm³/mol. The van der Waals surface area contributed by atoms with Crippen LogP contribution in [0.25, 0.3) is 0 Å². The maximum atomic E-state index is 13.0. The van der Waals surface area contributed by atoms with E-state index in [4.69, 9.17) is 16.7 Å². The summed E-state index contributed by atoms with van der Waals surface area (Å²) in [4.78, 5) is 10.9. The molecule has 0 fully saturated rings. The minimum atomic E-state index is -0.917. The average Bonchev–Trinajstić information content (AvgIpc) is 2.24. The largest absolute Gasteiger partial charge is 0.481 e. The fourth-order valence-corrected chi connectivity index (χ4v) is 1.74. The molecule has 0 saturated carbocycles. The summed E-state index contributed by atoms with van der Waals surface area (Å²) in [5, 5.41) is 11.8. The molecule has 0 bridgehead atoms. The molecule has 2 atom stereocenters. The van der Waals surface area contributed by atoms with Gasteiger partial charge in [0.15, 0.2) is 0 Å². The summed E-state index contributed by atoms with van der Waals surface area (Å²) in [6.45, 7) is 1.58. The second kappa shape index (κ2) is 5.27. The summed E-state index contributed by atoms with van der Waals surface area (Å²) >= 11 is 5.65. The van der Waals surface area contributed by atoms with E-state index in [1.807, 2.05) is 0 Å². The van der Waals surface area contributed by atoms with Gasteiger partial charge in [0.2, 0.25) is 0 Å². The number of benzene rings is 1. The van der Waals surface area contributed by atoms with Crippen molar-refractivity contribution in [3.05, 3.63) is 34.6 Å². The third-order valence-corrected chi connectivity index (χ3v) is 2.79. The number of nitrogens with one attached hydrogen (secondary N) is 1. The quantitative estimate of drug-likeness (QED) is 0.857. The lowest BCUT2D eigenvalue weighted by molar-refractivity contribution is -0.142. The topological polar surface area (TPSA) is 49.3 Å². The molecule has 0 radical (unpaired) electrons. The summed E-state index contributed by atoms with van der Waals surface area (Å²) in [5.41, 5.74) is 0.656. The van der Waals surface area contributed by atoms with Crippen molar-refractivity contribution in [3.8, 4) is 0 Å². The van der Waals surface area contributed by atoms with Gasteiger partial charge in [0.25, 0.3) is 0 Å². The SMILES string of the molecule is CNC(c1ccc(F)c(Cl)c1)C(C)C(=O)O. The normalized spacial score (nSPS) is 14.5. The zero-order valence-corrected chi connectivity index (χ0v) is 9.75. The van der Waals surface area contributed by atoms with Crippen LogP contribution < -0.4 is 5.32 Å². The highest BCUT2D eigenvalue weighted by Gasteiger charge is 2.24. The lowest BCUT2D eigenvalue weighted by Gasteiger charge is -2.20. The van der Waals surface area contributed by atoms with Crippen LogP contribution in [0.4, 0.5) is 4.39 Å². The molecule has 3 nitrogen and oxygen atoms in total. The van der Waals surface area contributed by atoms with Crippen LogP contribution in [-0.4, -0.2) is 18.1 Å². The smallest absolute Gasteiger partial charge is 0.308 e. The van der Waals surface area contributed by atoms with E-state index in [0.29, 0.717) is 5.56 Å². The van der Waals surface area contributed by atoms with Crippen LogP contribution in [0.15, 0.2) is 18.2 Å². The van der Waals surface area contributed by atoms with Gasteiger partial charge in [-0.3, -0.25) is 4.79 Å². The summed E-state index contributed by atoms with van der Waals surface area (Å²) in [7, 11) is 1.65. The second-order valence-corrected chi connectivity index (χ2v) is 3.97. The third-order valence-electron chi connectivity index (χ3n) is 2.50. The molecule has 0 saturated heterocycles. The van der Waals surface area contributed by atoms with E-state index in [9.17, 15) is 9.18 Å². The second-order valence-electron chi connectivity index (χ2n) is 3.57. The zero-order valence-electron chi connectivity index (χ0n) is 9.00. The molecule has 1 aromatic rings. The Bertz CT molecular complexity index is 398. The number of rotatable bonds is 4. The first kappa shape index (κ1) is 12.9. The Morgan fingerprint density at radius 1 is 1.56 bits per heavy atom. The monoisotopic (exact) mass is 245 g/mol. The van der Waals surface area contributed by atoms with Crippen molar-refractivity contribution in [1.82, 2.24) is 5.32 Å². The van der Waals surface area contributed by atoms with E-state index >= 15 is 0 Å². The van der Waals surface area contributed by atoms with Gasteiger partial charge in [-0.25, -0.2) is 4.39 Å². The summed E-state index contributed by atoms with van der Waals surface area (Å²) in [5.74, 6) is -2.05. The van der Waals surface area contributed by atoms with Crippen molar-refractivity contribution in [2.45, 2.75) is 13.0 Å². The minimum absolute atomic E-state index is 0.00432. The van der Waals surface area contributed by atoms with Gasteiger partial charge in [-0.1, -0.05) is 24.6 Å². The first-order valence-electron chi connectivity index (χ1n) is 4.82. The van der Waals surface area contributed by atoms with E-state index in [0.717, 1.165) is 0 Å². The molecule has 0 aliphatic rings. The zero-order chi connectivity index (χ0) is 12.3. The molecule has 2 N–H and O–H groups in total. The molecule has 1 rings (SSSR count). The van der Waals surface area contributed by atoms with Crippen LogP contribution in [0.5, 0.6) is 0 Å². The van der Waals surface area contributed by atoms with Crippen LogP contribution in [-0.2, 0) is 4.79 Å². The minimum Gasteiger partial charge on any atom is -0.481 e. The van der Waals surface area contributed by atoms with Crippen molar-refractivity contribution in [1.29, 1.82) is 0 Å². The molecular weight excluding hydrogens is 233 g/mol. The molecule has 0 aromatic heterocycles. The Morgan fingerprint density at radius 2 is 2.19 bits per heavy atom. The number of hydrogen-bond donors (Lipinski definition) is 2. The van der Waals surface area contributed by atoms with E-state index in [2.05, 4.69) is 5.32 Å². The number of halogens is 2. The summed E-state index contributed by atoms with van der Waals surface area (Å²) in [6, 6.07) is 3.81. The van der Waals surface area contributed by atoms with Gasteiger partial charge in [0.1, 0.15) is 5.82 Å². The molecule has 1 aromatic carbocycles. The van der Waals surface area contributed by atoms with Crippen LogP contribution in [0, 0.1) is 11.7 Å². The predicted octanol–water partition coefficient (Wildman–Crippen LogP) is 2.46. The number of aliphatic carboxylic acids is 1. The van der Waals surface area contributed by atoms with E-state index in [-0.39, 0.29) is 5.02 Å². The highest BCUT2D eigenvalue weighted by molar-refractivity contribution is 6.30. The molecular formula is C11H13ClFNO2. The maximum Gasteiger partial charge on any atom is 0.308 e. The Balaban J connectivity index is 3.04. The van der Waals surface area contributed by atoms with Gasteiger partial charge in [0, 0.05) is 6.04 Å². The highest BCUT2D eigenvalue weighted by atomic mass is 35.5. The Morgan fingerprint density at radius 3 is 2.62 bits per heavy atom. The van der Waals surface area contributed by atoms with E-state index < -0.39 is 23.7 Å². The van der Waals surface area contributed by atoms with Crippen molar-refractivity contribution >= 4 is 17.6 Å². The van der Waals surface area contributed by atoms with Crippen LogP contribution >= 0.6 is 11.6 Å². The first-order valence-corrected chi connectivity index (χ1v) is 5.20. The van der Waals surface area contributed by atoms with Gasteiger partial charge in [-0.2, -0.15) is 0 Å². The van der Waals surface area contributed by atoms with E-state index in [1.165, 1.54) is 18.2 Å². The van der Waals surface area contributed by atoms with Gasteiger partial charge < -0.3 is 10.4 Å². The molecule has 0 heterocycles. The average molecular weight is 246 g/mol. The third kappa shape index (κ3) is 2.71. The molecule has 88 valence electrons. The van der Waals surface area contributed by atoms with Gasteiger partial charge in [0.05, 0.1) is 10.9 Å². The molecule has 0 aliphatic carbocycles. The van der Waals surface area contributed by atoms with Gasteiger partial charge in [-0.05, 0) is 24.7 Å². The molecule has 2 unspecified atom stereocenters. The van der Waals surface area contributed by atoms with Gasteiger partial charge >= 0.3 is 5.97 Å². The fraction of sp³-hybridized carbons (Fsp3) is 0.364. The van der Waals surface area contributed by atoms with Crippen molar-refractivity contribution in [3.63, 3.8) is 0 Å². The molecule has 0 amide bonds. The lowest BCUT2D eigenvalue weighted by Crippen LogP contribution is -2.28. The first-order chi connectivity index (χ1) is 7.47. The number of carboxylic acids is 1. The molecule has 0 spiro atoms. The number of carboxylic acid groups (broad SMARTS) is 1. The molecule has 5 heteroatoms. The summed E-state index contributed by atoms with van der Waals surface area (Å²) in [6.07, 6.45) is 0. The van der Waals surface area contributed by atoms with Gasteiger partial charge in [-0.15, -0.1) is 0 Å². The highest BCUT2D eigenvalue weighted by Crippen LogP contribution is 2.25. The van der Waals surface area contributed by atoms with Crippen molar-refractivity contribution < 1.29 is 14.3 Å². The lowest BCUT2D eigenvalue weighted by atomic mass is 9.95. The molecule has 0 aliphatic heterocycles. The van der Waals surface area contributed by atoms with Crippen LogP contribution in [0.2, 0.25) is 5.02 Å². The number of carbonyl (C=O) groups is 1. The Kier molecular flexibility index (Phi) is 4.26. The van der Waals surface area contributed by atoms with Crippen LogP contribution in [0.1, 0.15) is 18.5 Å². The standard InChI is InChI=1S/C11H13ClFNO2/c1-6(11(15)16)10(14-2)7-3-4-9(13)8(12)5-7/h3-6,10,14H,1-2H3,(H,15,16). The van der Waals surface area contributed by atoms with E-state index in [1.54, 1.807) is 14.0 Å². The Hall–Kier alpha value is -1.13. The maximum absolute atomic E-state index is 13.0. The Labute approximate surface area is 98.2 Å². The van der Waals surface area contributed by atoms with Crippen molar-refractivity contribution in [2.75, 3.05) is 7.05 Å².